The van der Waals surface area contributed by atoms with Gasteiger partial charge in [-0.15, -0.1) is 0 Å². The van der Waals surface area contributed by atoms with Crippen LogP contribution in [0.1, 0.15) is 30.4 Å². The Morgan fingerprint density at radius 3 is 2.60 bits per heavy atom. The van der Waals surface area contributed by atoms with E-state index in [2.05, 4.69) is 10.1 Å². The summed E-state index contributed by atoms with van der Waals surface area (Å²) < 4.78 is 16.0. The molecule has 0 unspecified atom stereocenters. The van der Waals surface area contributed by atoms with Crippen LogP contribution in [-0.2, 0) is 17.8 Å². The third kappa shape index (κ3) is 5.37. The van der Waals surface area contributed by atoms with E-state index >= 15 is 0 Å². The highest BCUT2D eigenvalue weighted by Gasteiger charge is 2.15. The average Bonchev–Trinajstić information content (AvgIpc) is 3.21. The van der Waals surface area contributed by atoms with Gasteiger partial charge in [0.1, 0.15) is 11.5 Å². The lowest BCUT2D eigenvalue weighted by atomic mass is 10.1. The Labute approximate surface area is 176 Å². The first-order valence-electron chi connectivity index (χ1n) is 9.93. The number of aromatic nitrogens is 2. The Hall–Kier alpha value is -3.35. The molecule has 3 aromatic rings. The molecule has 0 spiro atoms. The molecule has 0 N–H and O–H groups in total. The van der Waals surface area contributed by atoms with Crippen LogP contribution < -0.4 is 9.47 Å². The van der Waals surface area contributed by atoms with E-state index in [1.807, 2.05) is 56.3 Å². The minimum Gasteiger partial charge on any atom is -0.496 e. The number of benzene rings is 2. The smallest absolute Gasteiger partial charge is 0.246 e. The molecule has 0 fully saturated rings. The maximum Gasteiger partial charge on any atom is 0.246 e. The zero-order chi connectivity index (χ0) is 21.5. The molecule has 0 radical (unpaired) electrons. The zero-order valence-electron chi connectivity index (χ0n) is 17.8. The zero-order valence-corrected chi connectivity index (χ0v) is 17.8. The number of carbonyl (C=O) groups excluding carboxylic acids is 1. The fourth-order valence-electron chi connectivity index (χ4n) is 3.13. The first-order chi connectivity index (χ1) is 14.5. The van der Waals surface area contributed by atoms with Gasteiger partial charge in [0.25, 0.3) is 0 Å². The Bertz CT molecular complexity index is 982. The van der Waals surface area contributed by atoms with Crippen molar-refractivity contribution in [2.45, 2.75) is 33.2 Å². The molecule has 30 heavy (non-hydrogen) atoms. The quantitative estimate of drug-likeness (QED) is 0.531. The molecule has 1 aromatic heterocycles. The van der Waals surface area contributed by atoms with Gasteiger partial charge in [0.15, 0.2) is 0 Å². The molecule has 0 aliphatic rings. The van der Waals surface area contributed by atoms with Gasteiger partial charge in [-0.25, -0.2) is 0 Å². The highest BCUT2D eigenvalue weighted by molar-refractivity contribution is 5.76. The molecule has 0 saturated carbocycles. The van der Waals surface area contributed by atoms with E-state index in [9.17, 15) is 4.79 Å². The number of hydrogen-bond donors (Lipinski definition) is 0. The highest BCUT2D eigenvalue weighted by Crippen LogP contribution is 2.21. The minimum atomic E-state index is 0.0179. The number of carbonyl (C=O) groups is 1. The average molecular weight is 409 g/mol. The molecule has 3 rings (SSSR count). The monoisotopic (exact) mass is 409 g/mol. The predicted octanol–water partition coefficient (Wildman–Crippen LogP) is 4.04. The summed E-state index contributed by atoms with van der Waals surface area (Å²) in [5.41, 5.74) is 2.99. The van der Waals surface area contributed by atoms with E-state index in [4.69, 9.17) is 14.0 Å². The largest absolute Gasteiger partial charge is 0.496 e. The van der Waals surface area contributed by atoms with Crippen molar-refractivity contribution in [2.24, 2.45) is 0 Å². The normalized spacial score (nSPS) is 10.7. The van der Waals surface area contributed by atoms with Crippen molar-refractivity contribution in [3.05, 3.63) is 59.5 Å². The first-order valence-corrected chi connectivity index (χ1v) is 9.93. The van der Waals surface area contributed by atoms with E-state index in [1.165, 1.54) is 0 Å². The Kier molecular flexibility index (Phi) is 7.06. The lowest BCUT2D eigenvalue weighted by molar-refractivity contribution is -0.130. The van der Waals surface area contributed by atoms with Crippen LogP contribution in [0.4, 0.5) is 0 Å². The lowest BCUT2D eigenvalue weighted by Gasteiger charge is -2.15. The minimum absolute atomic E-state index is 0.0179. The van der Waals surface area contributed by atoms with Gasteiger partial charge >= 0.3 is 0 Å². The Morgan fingerprint density at radius 1 is 1.17 bits per heavy atom. The maximum atomic E-state index is 12.5. The lowest BCUT2D eigenvalue weighted by Crippen LogP contribution is -2.26. The van der Waals surface area contributed by atoms with Crippen LogP contribution in [-0.4, -0.2) is 41.7 Å². The fraction of sp³-hybridized carbons (Fsp3) is 0.348. The summed E-state index contributed by atoms with van der Waals surface area (Å²) in [5.74, 6) is 2.55. The summed E-state index contributed by atoms with van der Waals surface area (Å²) >= 11 is 0. The van der Waals surface area contributed by atoms with Gasteiger partial charge in [0.05, 0.1) is 20.3 Å². The molecule has 0 saturated heterocycles. The van der Waals surface area contributed by atoms with Crippen molar-refractivity contribution >= 4 is 5.91 Å². The van der Waals surface area contributed by atoms with Crippen LogP contribution in [0.2, 0.25) is 0 Å². The number of rotatable bonds is 9. The number of amides is 1. The topological polar surface area (TPSA) is 77.7 Å². The Balaban J connectivity index is 1.54. The first kappa shape index (κ1) is 21.4. The highest BCUT2D eigenvalue weighted by atomic mass is 16.5. The summed E-state index contributed by atoms with van der Waals surface area (Å²) in [7, 11) is 3.39. The van der Waals surface area contributed by atoms with Crippen molar-refractivity contribution in [1.82, 2.24) is 15.0 Å². The number of hydrogen-bond acceptors (Lipinski definition) is 6. The molecule has 158 valence electrons. The summed E-state index contributed by atoms with van der Waals surface area (Å²) in [5, 5.41) is 4.02. The summed E-state index contributed by atoms with van der Waals surface area (Å²) in [6.45, 7) is 4.82. The van der Waals surface area contributed by atoms with Crippen molar-refractivity contribution in [1.29, 1.82) is 0 Å². The molecule has 2 aromatic carbocycles. The Morgan fingerprint density at radius 2 is 1.93 bits per heavy atom. The van der Waals surface area contributed by atoms with Gasteiger partial charge in [0, 0.05) is 19.0 Å². The molecule has 0 aliphatic heterocycles. The van der Waals surface area contributed by atoms with Crippen LogP contribution >= 0.6 is 0 Å². The molecular weight excluding hydrogens is 382 g/mol. The third-order valence-electron chi connectivity index (χ3n) is 4.78. The van der Waals surface area contributed by atoms with Gasteiger partial charge < -0.3 is 18.9 Å². The van der Waals surface area contributed by atoms with E-state index in [0.717, 1.165) is 28.2 Å². The number of ether oxygens (including phenoxy) is 2. The van der Waals surface area contributed by atoms with Gasteiger partial charge in [0.2, 0.25) is 17.6 Å². The van der Waals surface area contributed by atoms with Crippen molar-refractivity contribution in [3.63, 3.8) is 0 Å². The molecule has 0 aliphatic carbocycles. The molecule has 1 amide bonds. The molecule has 1 heterocycles. The second-order valence-electron chi connectivity index (χ2n) is 7.02. The number of nitrogens with zero attached hydrogens (tertiary/aromatic N) is 3. The molecule has 7 heteroatoms. The van der Waals surface area contributed by atoms with Crippen LogP contribution in [0.5, 0.6) is 11.5 Å². The van der Waals surface area contributed by atoms with Gasteiger partial charge in [-0.1, -0.05) is 17.3 Å². The van der Waals surface area contributed by atoms with E-state index in [1.54, 1.807) is 19.1 Å². The second-order valence-corrected chi connectivity index (χ2v) is 7.02. The van der Waals surface area contributed by atoms with Crippen LogP contribution in [0.25, 0.3) is 11.4 Å². The summed E-state index contributed by atoms with van der Waals surface area (Å²) in [4.78, 5) is 18.5. The molecular formula is C23H27N3O4. The standard InChI is InChI=1S/C23H27N3O4/c1-5-29-19-10-8-18(9-11-19)23-24-21(30-25-23)15-26(3)22(27)13-7-17-6-12-20(28-4)16(2)14-17/h6,8-12,14H,5,7,13,15H2,1-4H3. The maximum absolute atomic E-state index is 12.5. The van der Waals surface area contributed by atoms with E-state index in [-0.39, 0.29) is 12.5 Å². The fourth-order valence-corrected chi connectivity index (χ4v) is 3.13. The number of aryl methyl sites for hydroxylation is 2. The van der Waals surface area contributed by atoms with Crippen LogP contribution in [0, 0.1) is 6.92 Å². The van der Waals surface area contributed by atoms with Crippen LogP contribution in [0.15, 0.2) is 47.0 Å². The molecule has 7 nitrogen and oxygen atoms in total. The van der Waals surface area contributed by atoms with Crippen molar-refractivity contribution in [3.8, 4) is 22.9 Å². The van der Waals surface area contributed by atoms with Gasteiger partial charge in [-0.05, 0) is 61.7 Å². The van der Waals surface area contributed by atoms with Gasteiger partial charge in [-0.2, -0.15) is 4.98 Å². The molecule has 0 atom stereocenters. The van der Waals surface area contributed by atoms with Crippen LogP contribution in [0.3, 0.4) is 0 Å². The van der Waals surface area contributed by atoms with Crippen molar-refractivity contribution < 1.29 is 18.8 Å². The number of methoxy groups -OCH3 is 1. The molecule has 0 bridgehead atoms. The SMILES string of the molecule is CCOc1ccc(-c2noc(CN(C)C(=O)CCc3ccc(OC)c(C)c3)n2)cc1. The predicted molar refractivity (Wildman–Crippen MR) is 113 cm³/mol. The van der Waals surface area contributed by atoms with E-state index in [0.29, 0.717) is 31.2 Å². The van der Waals surface area contributed by atoms with Crippen molar-refractivity contribution in [2.75, 3.05) is 20.8 Å². The summed E-state index contributed by atoms with van der Waals surface area (Å²) in [6.07, 6.45) is 1.07. The second kappa shape index (κ2) is 9.91. The summed E-state index contributed by atoms with van der Waals surface area (Å²) in [6, 6.07) is 13.5. The third-order valence-corrected chi connectivity index (χ3v) is 4.78. The van der Waals surface area contributed by atoms with Gasteiger partial charge in [-0.3, -0.25) is 4.79 Å². The van der Waals surface area contributed by atoms with E-state index < -0.39 is 0 Å².